The highest BCUT2D eigenvalue weighted by Crippen LogP contribution is 2.23. The highest BCUT2D eigenvalue weighted by molar-refractivity contribution is 7.99. The first kappa shape index (κ1) is 11.3. The van der Waals surface area contributed by atoms with Gasteiger partial charge in [-0.2, -0.15) is 0 Å². The number of methoxy groups -OCH3 is 1. The van der Waals surface area contributed by atoms with Crippen molar-refractivity contribution in [3.05, 3.63) is 24.3 Å². The van der Waals surface area contributed by atoms with Crippen molar-refractivity contribution in [2.24, 2.45) is 0 Å². The standard InChI is InChI=1S/C12H11N3O2S/c1-17-9-4-2-8(3-5-9)11-13-12-15(14-11)10(16)6-7-18-12/h2-5H,6-7H2,1H3/p+1. The summed E-state index contributed by atoms with van der Waals surface area (Å²) in [6.45, 7) is 0. The summed E-state index contributed by atoms with van der Waals surface area (Å²) < 4.78 is 6.56. The molecule has 0 saturated carbocycles. The average molecular weight is 262 g/mol. The van der Waals surface area contributed by atoms with E-state index in [1.165, 1.54) is 4.68 Å². The van der Waals surface area contributed by atoms with Gasteiger partial charge in [0.2, 0.25) is 0 Å². The number of benzene rings is 1. The van der Waals surface area contributed by atoms with Crippen molar-refractivity contribution in [1.82, 2.24) is 9.78 Å². The van der Waals surface area contributed by atoms with Crippen LogP contribution in [-0.4, -0.2) is 28.6 Å². The zero-order chi connectivity index (χ0) is 12.5. The van der Waals surface area contributed by atoms with Gasteiger partial charge in [-0.05, 0) is 28.9 Å². The fourth-order valence-electron chi connectivity index (χ4n) is 1.81. The maximum Gasteiger partial charge on any atom is 0.321 e. The summed E-state index contributed by atoms with van der Waals surface area (Å²) in [6.07, 6.45) is 0.537. The summed E-state index contributed by atoms with van der Waals surface area (Å²) in [5.41, 5.74) is 0.936. The fraction of sp³-hybridized carbons (Fsp3) is 0.250. The van der Waals surface area contributed by atoms with Crippen LogP contribution in [0.25, 0.3) is 11.4 Å². The number of carbonyl (C=O) groups excluding carboxylic acids is 1. The third-order valence-corrected chi connectivity index (χ3v) is 3.73. The Bertz CT molecular complexity index is 592. The molecule has 3 rings (SSSR count). The molecule has 0 spiro atoms. The predicted octanol–water partition coefficient (Wildman–Crippen LogP) is 1.51. The van der Waals surface area contributed by atoms with Crippen molar-refractivity contribution in [1.29, 1.82) is 0 Å². The molecule has 6 heteroatoms. The lowest BCUT2D eigenvalue weighted by atomic mass is 10.2. The molecular weight excluding hydrogens is 250 g/mol. The lowest BCUT2D eigenvalue weighted by molar-refractivity contribution is -0.416. The molecule has 0 fully saturated rings. The van der Waals surface area contributed by atoms with Gasteiger partial charge in [-0.25, -0.2) is 4.98 Å². The van der Waals surface area contributed by atoms with Gasteiger partial charge in [-0.3, -0.25) is 4.79 Å². The minimum atomic E-state index is 0.0414. The Labute approximate surface area is 108 Å². The molecule has 0 radical (unpaired) electrons. The molecule has 0 aliphatic carbocycles. The summed E-state index contributed by atoms with van der Waals surface area (Å²) in [4.78, 5) is 14.8. The number of aromatic nitrogens is 3. The minimum absolute atomic E-state index is 0.0414. The van der Waals surface area contributed by atoms with Gasteiger partial charge in [0.15, 0.2) is 0 Å². The molecule has 5 nitrogen and oxygen atoms in total. The predicted molar refractivity (Wildman–Crippen MR) is 66.7 cm³/mol. The van der Waals surface area contributed by atoms with Crippen LogP contribution >= 0.6 is 11.8 Å². The molecule has 92 valence electrons. The third-order valence-electron chi connectivity index (χ3n) is 2.77. The van der Waals surface area contributed by atoms with Crippen molar-refractivity contribution < 1.29 is 14.5 Å². The lowest BCUT2D eigenvalue weighted by Crippen LogP contribution is -2.21. The van der Waals surface area contributed by atoms with E-state index < -0.39 is 0 Å². The highest BCUT2D eigenvalue weighted by atomic mass is 32.2. The maximum atomic E-state index is 11.7. The van der Waals surface area contributed by atoms with E-state index >= 15 is 0 Å². The van der Waals surface area contributed by atoms with Crippen LogP contribution in [0.4, 0.5) is 0 Å². The molecular formula is C12H12N3O2S+. The van der Waals surface area contributed by atoms with E-state index in [0.717, 1.165) is 22.2 Å². The van der Waals surface area contributed by atoms with Crippen LogP contribution in [0.3, 0.4) is 0 Å². The first-order valence-electron chi connectivity index (χ1n) is 5.61. The Hall–Kier alpha value is -1.82. The van der Waals surface area contributed by atoms with Crippen molar-refractivity contribution in [3.8, 4) is 17.1 Å². The minimum Gasteiger partial charge on any atom is -0.497 e. The van der Waals surface area contributed by atoms with Crippen molar-refractivity contribution in [2.75, 3.05) is 12.9 Å². The van der Waals surface area contributed by atoms with Gasteiger partial charge < -0.3 is 4.74 Å². The topological polar surface area (TPSA) is 58.3 Å². The molecule has 0 bridgehead atoms. The second-order valence-electron chi connectivity index (χ2n) is 3.91. The van der Waals surface area contributed by atoms with Gasteiger partial charge in [0.25, 0.3) is 0 Å². The highest BCUT2D eigenvalue weighted by Gasteiger charge is 2.29. The number of aromatic amines is 1. The smallest absolute Gasteiger partial charge is 0.321 e. The summed E-state index contributed by atoms with van der Waals surface area (Å²) in [5, 5.41) is 5.11. The van der Waals surface area contributed by atoms with Gasteiger partial charge in [-0.1, -0.05) is 11.8 Å². The Morgan fingerprint density at radius 3 is 2.83 bits per heavy atom. The lowest BCUT2D eigenvalue weighted by Gasteiger charge is -2.00. The third kappa shape index (κ3) is 1.88. The second-order valence-corrected chi connectivity index (χ2v) is 4.99. The summed E-state index contributed by atoms with van der Waals surface area (Å²) in [5.74, 6) is 2.35. The number of H-pyrrole nitrogens is 1. The van der Waals surface area contributed by atoms with Gasteiger partial charge in [0.1, 0.15) is 5.75 Å². The molecule has 0 amide bonds. The van der Waals surface area contributed by atoms with Crippen LogP contribution in [0, 0.1) is 0 Å². The molecule has 0 atom stereocenters. The first-order valence-corrected chi connectivity index (χ1v) is 6.59. The number of ether oxygens (including phenoxy) is 1. The van der Waals surface area contributed by atoms with Crippen LogP contribution in [0.5, 0.6) is 5.75 Å². The van der Waals surface area contributed by atoms with E-state index in [-0.39, 0.29) is 5.91 Å². The van der Waals surface area contributed by atoms with Crippen molar-refractivity contribution in [3.63, 3.8) is 0 Å². The van der Waals surface area contributed by atoms with Gasteiger partial charge in [0, 0.05) is 5.75 Å². The van der Waals surface area contributed by atoms with Crippen LogP contribution in [0.15, 0.2) is 29.4 Å². The van der Waals surface area contributed by atoms with Crippen molar-refractivity contribution in [2.45, 2.75) is 11.6 Å². The molecule has 2 aromatic rings. The maximum absolute atomic E-state index is 11.7. The van der Waals surface area contributed by atoms with Crippen LogP contribution in [0.2, 0.25) is 0 Å². The summed E-state index contributed by atoms with van der Waals surface area (Å²) in [7, 11) is 1.63. The second kappa shape index (κ2) is 4.45. The Morgan fingerprint density at radius 1 is 1.39 bits per heavy atom. The Kier molecular flexibility index (Phi) is 2.79. The largest absolute Gasteiger partial charge is 0.497 e. The number of fused-ring (bicyclic) bond motifs is 1. The molecule has 0 unspecified atom stereocenters. The van der Waals surface area contributed by atoms with E-state index in [1.807, 2.05) is 24.3 Å². The van der Waals surface area contributed by atoms with Crippen LogP contribution in [0.1, 0.15) is 11.2 Å². The van der Waals surface area contributed by atoms with E-state index in [4.69, 9.17) is 4.74 Å². The number of hydrogen-bond donors (Lipinski definition) is 0. The van der Waals surface area contributed by atoms with E-state index in [1.54, 1.807) is 18.9 Å². The number of thioether (sulfide) groups is 1. The van der Waals surface area contributed by atoms with Crippen LogP contribution < -0.4 is 9.72 Å². The average Bonchev–Trinajstić information content (AvgIpc) is 2.84. The first-order chi connectivity index (χ1) is 8.78. The molecule has 1 aliphatic heterocycles. The number of rotatable bonds is 2. The van der Waals surface area contributed by atoms with Gasteiger partial charge in [0.05, 0.1) is 24.2 Å². The summed E-state index contributed by atoms with van der Waals surface area (Å²) >= 11 is 1.61. The molecule has 1 aliphatic rings. The van der Waals surface area contributed by atoms with E-state index in [2.05, 4.69) is 10.1 Å². The van der Waals surface area contributed by atoms with E-state index in [9.17, 15) is 4.79 Å². The monoisotopic (exact) mass is 262 g/mol. The van der Waals surface area contributed by atoms with Crippen LogP contribution in [-0.2, 0) is 0 Å². The normalized spacial score (nSPS) is 14.4. The van der Waals surface area contributed by atoms with E-state index in [0.29, 0.717) is 12.2 Å². The molecule has 1 aromatic heterocycles. The van der Waals surface area contributed by atoms with Gasteiger partial charge >= 0.3 is 16.9 Å². The Balaban J connectivity index is 1.99. The zero-order valence-corrected chi connectivity index (χ0v) is 10.7. The Morgan fingerprint density at radius 2 is 2.17 bits per heavy atom. The zero-order valence-electron chi connectivity index (χ0n) is 9.84. The van der Waals surface area contributed by atoms with Gasteiger partial charge in [-0.15, -0.1) is 0 Å². The number of nitrogens with one attached hydrogen (secondary N) is 1. The summed E-state index contributed by atoms with van der Waals surface area (Å²) in [6, 6.07) is 7.57. The number of hydrogen-bond acceptors (Lipinski definition) is 4. The number of carbonyl (C=O) groups is 1. The molecule has 1 aromatic carbocycles. The SMILES string of the molecule is COc1ccc(-c2nn3c([nH+]2)SCCC3=O)cc1. The fourth-order valence-corrected chi connectivity index (χ4v) is 2.71. The molecule has 1 N–H and O–H groups in total. The molecule has 18 heavy (non-hydrogen) atoms. The van der Waals surface area contributed by atoms with Crippen molar-refractivity contribution >= 4 is 17.7 Å². The number of nitrogens with zero attached hydrogens (tertiary/aromatic N) is 2. The molecule has 0 saturated heterocycles. The molecule has 2 heterocycles. The quantitative estimate of drug-likeness (QED) is 0.823.